The molecule has 0 unspecified atom stereocenters. The van der Waals surface area contributed by atoms with Gasteiger partial charge >= 0.3 is 0 Å². The molecule has 5 nitrogen and oxygen atoms in total. The van der Waals surface area contributed by atoms with Gasteiger partial charge in [-0.25, -0.2) is 8.78 Å². The molecule has 1 N–H and O–H groups in total. The van der Waals surface area contributed by atoms with E-state index >= 15 is 0 Å². The molecular weight excluding hydrogens is 352 g/mol. The highest BCUT2D eigenvalue weighted by Crippen LogP contribution is 2.21. The van der Waals surface area contributed by atoms with Gasteiger partial charge in [-0.1, -0.05) is 23.7 Å². The molecule has 1 aromatic carbocycles. The molecule has 138 valence electrons. The van der Waals surface area contributed by atoms with E-state index in [1.54, 1.807) is 34.1 Å². The van der Waals surface area contributed by atoms with E-state index < -0.39 is 12.5 Å². The van der Waals surface area contributed by atoms with E-state index in [1.165, 1.54) is 6.92 Å². The van der Waals surface area contributed by atoms with E-state index in [9.17, 15) is 18.4 Å². The van der Waals surface area contributed by atoms with Crippen molar-refractivity contribution in [3.8, 4) is 0 Å². The van der Waals surface area contributed by atoms with Crippen molar-refractivity contribution in [3.05, 3.63) is 34.9 Å². The Kier molecular flexibility index (Phi) is 7.13. The molecule has 1 aliphatic rings. The molecule has 0 aliphatic carbocycles. The number of amides is 2. The third-order valence-electron chi connectivity index (χ3n) is 4.15. The number of hydrogen-bond acceptors (Lipinski definition) is 3. The normalized spacial score (nSPS) is 16.8. The minimum atomic E-state index is -2.36. The van der Waals surface area contributed by atoms with Crippen molar-refractivity contribution >= 4 is 23.4 Å². The summed E-state index contributed by atoms with van der Waals surface area (Å²) in [5, 5.41) is 3.36. The predicted octanol–water partition coefficient (Wildman–Crippen LogP) is 2.32. The van der Waals surface area contributed by atoms with E-state index in [-0.39, 0.29) is 24.8 Å². The number of halogens is 3. The zero-order valence-corrected chi connectivity index (χ0v) is 14.8. The molecule has 8 heteroatoms. The summed E-state index contributed by atoms with van der Waals surface area (Å²) >= 11 is 5.88. The third-order valence-corrected chi connectivity index (χ3v) is 4.40. The highest BCUT2D eigenvalue weighted by molar-refractivity contribution is 6.30. The fourth-order valence-electron chi connectivity index (χ4n) is 2.87. The van der Waals surface area contributed by atoms with Crippen molar-refractivity contribution in [2.75, 3.05) is 32.7 Å². The molecule has 0 spiro atoms. The first-order chi connectivity index (χ1) is 11.8. The van der Waals surface area contributed by atoms with Crippen LogP contribution in [0.15, 0.2) is 24.3 Å². The Hall–Kier alpha value is -1.73. The van der Waals surface area contributed by atoms with Crippen molar-refractivity contribution in [2.24, 2.45) is 0 Å². The lowest BCUT2D eigenvalue weighted by atomic mass is 10.0. The molecule has 25 heavy (non-hydrogen) atoms. The van der Waals surface area contributed by atoms with Gasteiger partial charge in [0, 0.05) is 38.1 Å². The van der Waals surface area contributed by atoms with E-state index in [2.05, 4.69) is 5.32 Å². The summed E-state index contributed by atoms with van der Waals surface area (Å²) in [6.45, 7) is 2.83. The highest BCUT2D eigenvalue weighted by Gasteiger charge is 2.25. The van der Waals surface area contributed by atoms with Gasteiger partial charge in [0.2, 0.25) is 11.8 Å². The number of nitrogens with zero attached hydrogens (tertiary/aromatic N) is 2. The molecule has 0 bridgehead atoms. The number of rotatable bonds is 6. The highest BCUT2D eigenvalue weighted by atomic mass is 35.5. The van der Waals surface area contributed by atoms with Gasteiger partial charge in [-0.3, -0.25) is 14.5 Å². The lowest BCUT2D eigenvalue weighted by Gasteiger charge is -2.35. The molecule has 0 aromatic heterocycles. The second kappa shape index (κ2) is 9.10. The van der Waals surface area contributed by atoms with Crippen LogP contribution in [0, 0.1) is 0 Å². The van der Waals surface area contributed by atoms with Gasteiger partial charge in [-0.05, 0) is 17.7 Å². The summed E-state index contributed by atoms with van der Waals surface area (Å²) in [6, 6.07) is 6.52. The Morgan fingerprint density at radius 2 is 1.76 bits per heavy atom. The molecule has 1 saturated heterocycles. The van der Waals surface area contributed by atoms with E-state index in [4.69, 9.17) is 11.6 Å². The Morgan fingerprint density at radius 1 is 1.16 bits per heavy atom. The van der Waals surface area contributed by atoms with Crippen LogP contribution in [0.25, 0.3) is 0 Å². The number of carbonyl (C=O) groups excluding carboxylic acids is 2. The average molecular weight is 374 g/mol. The zero-order chi connectivity index (χ0) is 18.4. The second-order valence-corrected chi connectivity index (χ2v) is 6.52. The average Bonchev–Trinajstić information content (AvgIpc) is 2.54. The van der Waals surface area contributed by atoms with E-state index in [0.29, 0.717) is 31.2 Å². The molecule has 2 rings (SSSR count). The topological polar surface area (TPSA) is 52.7 Å². The molecule has 1 atom stereocenters. The van der Waals surface area contributed by atoms with Crippen molar-refractivity contribution in [1.29, 1.82) is 0 Å². The van der Waals surface area contributed by atoms with Crippen molar-refractivity contribution in [1.82, 2.24) is 15.1 Å². The van der Waals surface area contributed by atoms with Crippen LogP contribution in [0.2, 0.25) is 5.02 Å². The van der Waals surface area contributed by atoms with Gasteiger partial charge in [0.1, 0.15) is 0 Å². The molecular formula is C17H22ClF2N3O2. The number of alkyl halides is 2. The van der Waals surface area contributed by atoms with Crippen LogP contribution in [0.4, 0.5) is 8.78 Å². The van der Waals surface area contributed by atoms with Crippen molar-refractivity contribution in [3.63, 3.8) is 0 Å². The van der Waals surface area contributed by atoms with Crippen LogP contribution in [0.5, 0.6) is 0 Å². The van der Waals surface area contributed by atoms with Gasteiger partial charge in [0.25, 0.3) is 6.43 Å². The summed E-state index contributed by atoms with van der Waals surface area (Å²) < 4.78 is 24.8. The SMILES string of the molecule is CC(=O)N[C@@H](CC(=O)N1CCN(CC(F)F)CC1)c1ccc(Cl)cc1. The van der Waals surface area contributed by atoms with Gasteiger partial charge in [0.05, 0.1) is 19.0 Å². The summed E-state index contributed by atoms with van der Waals surface area (Å²) in [4.78, 5) is 27.3. The van der Waals surface area contributed by atoms with Crippen LogP contribution in [-0.4, -0.2) is 60.8 Å². The van der Waals surface area contributed by atoms with E-state index in [1.807, 2.05) is 0 Å². The molecule has 1 aliphatic heterocycles. The minimum absolute atomic E-state index is 0.106. The standard InChI is InChI=1S/C17H22ClF2N3O2/c1-12(24)21-15(13-2-4-14(18)5-3-13)10-17(25)23-8-6-22(7-9-23)11-16(19)20/h2-5,15-16H,6-11H2,1H3,(H,21,24)/t15-/m0/s1. The van der Waals surface area contributed by atoms with Gasteiger partial charge in [-0.15, -0.1) is 0 Å². The zero-order valence-electron chi connectivity index (χ0n) is 14.1. The lowest BCUT2D eigenvalue weighted by molar-refractivity contribution is -0.134. The predicted molar refractivity (Wildman–Crippen MR) is 91.7 cm³/mol. The fourth-order valence-corrected chi connectivity index (χ4v) is 3.00. The smallest absolute Gasteiger partial charge is 0.251 e. The quantitative estimate of drug-likeness (QED) is 0.832. The number of piperazine rings is 1. The van der Waals surface area contributed by atoms with E-state index in [0.717, 1.165) is 5.56 Å². The monoisotopic (exact) mass is 373 g/mol. The Morgan fingerprint density at radius 3 is 2.28 bits per heavy atom. The number of nitrogens with one attached hydrogen (secondary N) is 1. The van der Waals surface area contributed by atoms with Crippen molar-refractivity contribution < 1.29 is 18.4 Å². The maximum Gasteiger partial charge on any atom is 0.251 e. The summed E-state index contributed by atoms with van der Waals surface area (Å²) in [5.41, 5.74) is 0.796. The number of hydrogen-bond donors (Lipinski definition) is 1. The van der Waals surface area contributed by atoms with Crippen LogP contribution in [0.1, 0.15) is 24.9 Å². The molecule has 0 saturated carbocycles. The Bertz CT molecular complexity index is 590. The first kappa shape index (κ1) is 19.6. The van der Waals surface area contributed by atoms with Crippen LogP contribution in [0.3, 0.4) is 0 Å². The van der Waals surface area contributed by atoms with Crippen LogP contribution < -0.4 is 5.32 Å². The molecule has 1 aromatic rings. The summed E-state index contributed by atoms with van der Waals surface area (Å²) in [7, 11) is 0. The Balaban J connectivity index is 1.95. The molecule has 1 fully saturated rings. The lowest BCUT2D eigenvalue weighted by Crippen LogP contribution is -2.50. The van der Waals surface area contributed by atoms with Crippen molar-refractivity contribution in [2.45, 2.75) is 25.8 Å². The summed E-state index contributed by atoms with van der Waals surface area (Å²) in [5.74, 6) is -0.333. The van der Waals surface area contributed by atoms with Crippen LogP contribution >= 0.6 is 11.6 Å². The largest absolute Gasteiger partial charge is 0.349 e. The molecule has 2 amide bonds. The Labute approximate surface area is 150 Å². The minimum Gasteiger partial charge on any atom is -0.349 e. The van der Waals surface area contributed by atoms with Crippen LogP contribution in [-0.2, 0) is 9.59 Å². The maximum atomic E-state index is 12.5. The summed E-state index contributed by atoms with van der Waals surface area (Å²) in [6.07, 6.45) is -2.24. The maximum absolute atomic E-state index is 12.5. The van der Waals surface area contributed by atoms with Gasteiger partial charge in [-0.2, -0.15) is 0 Å². The third kappa shape index (κ3) is 6.25. The fraction of sp³-hybridized carbons (Fsp3) is 0.529. The van der Waals surface area contributed by atoms with Gasteiger partial charge < -0.3 is 10.2 Å². The molecule has 0 radical (unpaired) electrons. The first-order valence-corrected chi connectivity index (χ1v) is 8.54. The number of carbonyl (C=O) groups is 2. The second-order valence-electron chi connectivity index (χ2n) is 6.08. The molecule has 1 heterocycles. The van der Waals surface area contributed by atoms with Gasteiger partial charge in [0.15, 0.2) is 0 Å². The first-order valence-electron chi connectivity index (χ1n) is 8.16. The number of benzene rings is 1.